The maximum Gasteiger partial charge on any atom is 0.161 e. The average molecular weight is 392 g/mol. The zero-order chi connectivity index (χ0) is 17.6. The number of benzene rings is 2. The second-order valence-electron chi connectivity index (χ2n) is 6.64. The molecule has 146 valence electrons. The summed E-state index contributed by atoms with van der Waals surface area (Å²) in [6.07, 6.45) is 3.38. The fourth-order valence-corrected chi connectivity index (χ4v) is 3.25. The van der Waals surface area contributed by atoms with Crippen LogP contribution in [0.4, 0.5) is 0 Å². The van der Waals surface area contributed by atoms with Crippen molar-refractivity contribution in [1.82, 2.24) is 5.32 Å². The fourth-order valence-electron chi connectivity index (χ4n) is 3.25. The van der Waals surface area contributed by atoms with Crippen LogP contribution in [0.25, 0.3) is 0 Å². The van der Waals surface area contributed by atoms with Gasteiger partial charge in [0.25, 0.3) is 0 Å². The largest absolute Gasteiger partial charge is 0.486 e. The van der Waals surface area contributed by atoms with Crippen molar-refractivity contribution < 1.29 is 18.9 Å². The number of rotatable bonds is 7. The molecule has 27 heavy (non-hydrogen) atoms. The van der Waals surface area contributed by atoms with Gasteiger partial charge in [-0.05, 0) is 55.6 Å². The molecule has 4 rings (SSSR count). The summed E-state index contributed by atoms with van der Waals surface area (Å²) in [5.41, 5.74) is 1.30. The molecule has 1 atom stereocenters. The van der Waals surface area contributed by atoms with Crippen LogP contribution in [0.15, 0.2) is 42.5 Å². The molecule has 0 saturated heterocycles. The summed E-state index contributed by atoms with van der Waals surface area (Å²) < 4.78 is 22.9. The van der Waals surface area contributed by atoms with Gasteiger partial charge >= 0.3 is 0 Å². The summed E-state index contributed by atoms with van der Waals surface area (Å²) in [5.74, 6) is 3.41. The minimum absolute atomic E-state index is 0. The summed E-state index contributed by atoms with van der Waals surface area (Å²) in [6, 6.07) is 14.1. The van der Waals surface area contributed by atoms with E-state index in [1.165, 1.54) is 5.56 Å². The molecule has 0 bridgehead atoms. The molecule has 1 unspecified atom stereocenters. The Bertz CT molecular complexity index is 740. The van der Waals surface area contributed by atoms with Crippen molar-refractivity contribution in [2.45, 2.75) is 25.4 Å². The third kappa shape index (κ3) is 5.21. The molecular formula is C21H26ClNO4. The molecule has 0 fully saturated rings. The van der Waals surface area contributed by atoms with Gasteiger partial charge < -0.3 is 24.3 Å². The lowest BCUT2D eigenvalue weighted by Gasteiger charge is -2.26. The highest BCUT2D eigenvalue weighted by atomic mass is 35.5. The zero-order valence-electron chi connectivity index (χ0n) is 15.3. The first kappa shape index (κ1) is 19.6. The van der Waals surface area contributed by atoms with Gasteiger partial charge in [-0.3, -0.25) is 0 Å². The minimum Gasteiger partial charge on any atom is -0.486 e. The molecule has 0 amide bonds. The van der Waals surface area contributed by atoms with Gasteiger partial charge in [-0.2, -0.15) is 0 Å². The van der Waals surface area contributed by atoms with E-state index in [9.17, 15) is 0 Å². The number of aryl methyl sites for hydroxylation is 1. The Morgan fingerprint density at radius 1 is 0.852 bits per heavy atom. The predicted molar refractivity (Wildman–Crippen MR) is 107 cm³/mol. The van der Waals surface area contributed by atoms with Crippen LogP contribution in [0.1, 0.15) is 18.4 Å². The van der Waals surface area contributed by atoms with Crippen LogP contribution >= 0.6 is 12.4 Å². The quantitative estimate of drug-likeness (QED) is 0.730. The molecule has 2 aromatic carbocycles. The summed E-state index contributed by atoms with van der Waals surface area (Å²) in [4.78, 5) is 0. The van der Waals surface area contributed by atoms with E-state index < -0.39 is 0 Å². The minimum atomic E-state index is 0. The van der Waals surface area contributed by atoms with Gasteiger partial charge in [0.1, 0.15) is 25.9 Å². The Hall–Kier alpha value is -2.11. The van der Waals surface area contributed by atoms with Gasteiger partial charge in [-0.15, -0.1) is 12.4 Å². The monoisotopic (exact) mass is 391 g/mol. The van der Waals surface area contributed by atoms with Crippen LogP contribution in [0.3, 0.4) is 0 Å². The van der Waals surface area contributed by atoms with E-state index in [1.807, 2.05) is 30.3 Å². The van der Waals surface area contributed by atoms with Crippen molar-refractivity contribution in [2.75, 3.05) is 32.9 Å². The van der Waals surface area contributed by atoms with Crippen LogP contribution in [0.2, 0.25) is 0 Å². The Kier molecular flexibility index (Phi) is 7.07. The first-order valence-corrected chi connectivity index (χ1v) is 9.36. The Balaban J connectivity index is 0.00000210. The van der Waals surface area contributed by atoms with Crippen molar-refractivity contribution in [3.63, 3.8) is 0 Å². The second kappa shape index (κ2) is 9.72. The number of nitrogens with one attached hydrogen (secondary N) is 1. The van der Waals surface area contributed by atoms with E-state index in [1.54, 1.807) is 0 Å². The molecule has 0 saturated carbocycles. The van der Waals surface area contributed by atoms with Crippen LogP contribution < -0.4 is 24.3 Å². The topological polar surface area (TPSA) is 49.0 Å². The molecule has 0 spiro atoms. The van der Waals surface area contributed by atoms with E-state index in [0.717, 1.165) is 55.4 Å². The Morgan fingerprint density at radius 2 is 1.63 bits per heavy atom. The van der Waals surface area contributed by atoms with Gasteiger partial charge in [0.2, 0.25) is 0 Å². The van der Waals surface area contributed by atoms with Crippen molar-refractivity contribution in [2.24, 2.45) is 0 Å². The summed E-state index contributed by atoms with van der Waals surface area (Å²) in [6.45, 7) is 3.66. The third-order valence-electron chi connectivity index (χ3n) is 4.62. The number of fused-ring (bicyclic) bond motifs is 2. The van der Waals surface area contributed by atoms with Gasteiger partial charge in [-0.1, -0.05) is 18.2 Å². The predicted octanol–water partition coefficient (Wildman–Crippen LogP) is 3.63. The smallest absolute Gasteiger partial charge is 0.161 e. The van der Waals surface area contributed by atoms with Gasteiger partial charge in [0.15, 0.2) is 23.0 Å². The summed E-state index contributed by atoms with van der Waals surface area (Å²) in [7, 11) is 0. The fraction of sp³-hybridized carbons (Fsp3) is 0.429. The number of ether oxygens (including phenoxy) is 4. The number of hydrogen-bond acceptors (Lipinski definition) is 5. The molecule has 2 aliphatic rings. The van der Waals surface area contributed by atoms with E-state index >= 15 is 0 Å². The van der Waals surface area contributed by atoms with Crippen molar-refractivity contribution in [3.8, 4) is 23.0 Å². The second-order valence-corrected chi connectivity index (χ2v) is 6.64. The molecule has 5 nitrogen and oxygen atoms in total. The Morgan fingerprint density at radius 3 is 2.52 bits per heavy atom. The van der Waals surface area contributed by atoms with Gasteiger partial charge in [0, 0.05) is 6.54 Å². The van der Waals surface area contributed by atoms with Crippen LogP contribution in [-0.2, 0) is 6.42 Å². The highest BCUT2D eigenvalue weighted by molar-refractivity contribution is 5.85. The molecule has 6 heteroatoms. The molecule has 2 aromatic rings. The van der Waals surface area contributed by atoms with Gasteiger partial charge in [-0.25, -0.2) is 0 Å². The molecular weight excluding hydrogens is 366 g/mol. The lowest BCUT2D eigenvalue weighted by molar-refractivity contribution is 0.0905. The van der Waals surface area contributed by atoms with E-state index in [-0.39, 0.29) is 18.5 Å². The van der Waals surface area contributed by atoms with Crippen molar-refractivity contribution in [1.29, 1.82) is 0 Å². The normalized spacial score (nSPS) is 17.1. The number of halogens is 1. The number of unbranched alkanes of at least 4 members (excludes halogenated alkanes) is 1. The molecule has 0 radical (unpaired) electrons. The SMILES string of the molecule is Cl.c1ccc2c(c1)OCC(CNCCCCc1ccc3c(c1)OCCO3)O2. The number of para-hydroxylation sites is 2. The van der Waals surface area contributed by atoms with E-state index in [2.05, 4.69) is 17.4 Å². The van der Waals surface area contributed by atoms with Crippen LogP contribution in [-0.4, -0.2) is 39.0 Å². The average Bonchev–Trinajstić information content (AvgIpc) is 2.70. The lowest BCUT2D eigenvalue weighted by Crippen LogP contribution is -2.38. The molecule has 0 aromatic heterocycles. The van der Waals surface area contributed by atoms with Crippen molar-refractivity contribution >= 4 is 12.4 Å². The molecule has 2 heterocycles. The maximum atomic E-state index is 5.95. The summed E-state index contributed by atoms with van der Waals surface area (Å²) >= 11 is 0. The highest BCUT2D eigenvalue weighted by Gasteiger charge is 2.19. The first-order chi connectivity index (χ1) is 12.9. The molecule has 0 aliphatic carbocycles. The molecule has 1 N–H and O–H groups in total. The first-order valence-electron chi connectivity index (χ1n) is 9.36. The van der Waals surface area contributed by atoms with Crippen molar-refractivity contribution in [3.05, 3.63) is 48.0 Å². The van der Waals surface area contributed by atoms with E-state index in [0.29, 0.717) is 19.8 Å². The van der Waals surface area contributed by atoms with E-state index in [4.69, 9.17) is 18.9 Å². The number of hydrogen-bond donors (Lipinski definition) is 1. The highest BCUT2D eigenvalue weighted by Crippen LogP contribution is 2.31. The zero-order valence-corrected chi connectivity index (χ0v) is 16.1. The standard InChI is InChI=1S/C21H25NO4.ClH/c1-2-7-20-18(6-1)25-15-17(26-20)14-22-10-4-3-5-16-8-9-19-21(13-16)24-12-11-23-19;/h1-2,6-9,13,17,22H,3-5,10-12,14-15H2;1H. The lowest BCUT2D eigenvalue weighted by atomic mass is 10.1. The summed E-state index contributed by atoms with van der Waals surface area (Å²) in [5, 5.41) is 3.47. The maximum absolute atomic E-state index is 5.95. The third-order valence-corrected chi connectivity index (χ3v) is 4.62. The van der Waals surface area contributed by atoms with Gasteiger partial charge in [0.05, 0.1) is 0 Å². The molecule has 2 aliphatic heterocycles. The van der Waals surface area contributed by atoms with Crippen LogP contribution in [0.5, 0.6) is 23.0 Å². The van der Waals surface area contributed by atoms with Crippen LogP contribution in [0, 0.1) is 0 Å². The Labute approximate surface area is 166 Å².